The quantitative estimate of drug-likeness (QED) is 0.0204. The molecule has 0 aromatic carbocycles. The second-order valence-electron chi connectivity index (χ2n) is 22.2. The van der Waals surface area contributed by atoms with Crippen LogP contribution in [0.4, 0.5) is 0 Å². The third kappa shape index (κ3) is 38.7. The normalized spacial score (nSPS) is 24.5. The minimum absolute atomic E-state index is 0.259. The fourth-order valence-electron chi connectivity index (χ4n) is 9.59. The van der Waals surface area contributed by atoms with Crippen molar-refractivity contribution in [2.45, 2.75) is 274 Å². The molecule has 0 saturated carbocycles. The van der Waals surface area contributed by atoms with E-state index in [-0.39, 0.29) is 18.9 Å². The van der Waals surface area contributed by atoms with Crippen LogP contribution < -0.4 is 5.32 Å². The van der Waals surface area contributed by atoms with Gasteiger partial charge in [-0.2, -0.15) is 0 Å². The molecule has 12 unspecified atom stereocenters. The first-order valence-corrected chi connectivity index (χ1v) is 32.6. The summed E-state index contributed by atoms with van der Waals surface area (Å²) in [4.78, 5) is 13.2. The highest BCUT2D eigenvalue weighted by Gasteiger charge is 2.51. The number of hydrogen-bond acceptors (Lipinski definition) is 13. The van der Waals surface area contributed by atoms with Gasteiger partial charge < -0.3 is 65.1 Å². The van der Waals surface area contributed by atoms with Crippen LogP contribution >= 0.6 is 0 Å². The van der Waals surface area contributed by atoms with Gasteiger partial charge in [0.05, 0.1) is 32.0 Å². The van der Waals surface area contributed by atoms with Gasteiger partial charge in [-0.25, -0.2) is 0 Å². The lowest BCUT2D eigenvalue weighted by Crippen LogP contribution is -2.65. The number of aliphatic hydroxyl groups excluding tert-OH is 8. The van der Waals surface area contributed by atoms with Gasteiger partial charge >= 0.3 is 0 Å². The lowest BCUT2D eigenvalue weighted by molar-refractivity contribution is -0.359. The molecule has 0 radical (unpaired) electrons. The van der Waals surface area contributed by atoms with Crippen LogP contribution in [-0.2, 0) is 23.7 Å². The van der Waals surface area contributed by atoms with Crippen LogP contribution in [0.5, 0.6) is 0 Å². The van der Waals surface area contributed by atoms with Crippen LogP contribution in [0.2, 0.25) is 0 Å². The van der Waals surface area contributed by atoms with Gasteiger partial charge in [-0.1, -0.05) is 237 Å². The molecule has 1 amide bonds. The highest BCUT2D eigenvalue weighted by molar-refractivity contribution is 5.76. The summed E-state index contributed by atoms with van der Waals surface area (Å²) in [7, 11) is 0. The largest absolute Gasteiger partial charge is 0.394 e. The number of aliphatic hydroxyl groups is 8. The summed E-state index contributed by atoms with van der Waals surface area (Å²) in [6.07, 6.45) is 64.9. The zero-order chi connectivity index (χ0) is 61.6. The average Bonchev–Trinajstić information content (AvgIpc) is 2.93. The van der Waals surface area contributed by atoms with Crippen LogP contribution in [0.3, 0.4) is 0 Å². The van der Waals surface area contributed by atoms with Crippen molar-refractivity contribution in [3.05, 3.63) is 146 Å². The lowest BCUT2D eigenvalue weighted by Gasteiger charge is -2.46. The van der Waals surface area contributed by atoms with Crippen molar-refractivity contribution in [2.24, 2.45) is 0 Å². The Labute approximate surface area is 513 Å². The van der Waals surface area contributed by atoms with Crippen LogP contribution in [0, 0.1) is 0 Å². The fourth-order valence-corrected chi connectivity index (χ4v) is 9.59. The third-order valence-electron chi connectivity index (χ3n) is 14.8. The number of carbonyl (C=O) groups excluding carboxylic acids is 1. The number of allylic oxidation sites excluding steroid dienone is 23. The van der Waals surface area contributed by atoms with Crippen LogP contribution in [0.25, 0.3) is 0 Å². The predicted molar refractivity (Wildman–Crippen MR) is 345 cm³/mol. The van der Waals surface area contributed by atoms with E-state index < -0.39 is 86.8 Å². The first kappa shape index (κ1) is 77.0. The standard InChI is InChI=1S/C71H115NO13/c1-3-5-7-9-11-13-15-16-17-18-19-20-21-22-23-24-25-26-27-28-29-30-31-32-33-34-35-36-37-38-39-40-41-42-43-44-45-47-49-51-53-55-63(76)72-59(60(75)54-52-50-48-46-14-12-10-8-6-4-2)58-82-70-68(81)66(79)69(62(57-74)84-70)85-71-67(80)65(78)64(77)61(56-73)83-71/h5,7,11,13,16-17,19-20,22-23,25-26,28-29,31-32,34-35,37-38,40-41,52,54,59-62,64-71,73-75,77-81H,3-4,6,8-10,12,14-15,18,21,24,27,30,33,36,39,42-51,53,55-58H2,1-2H3,(H,72,76)/b7-5-,13-11-,17-16-,20-19-,23-22-,26-25-,29-28-,32-31-,35-34-,38-37-,41-40-,54-52+. The van der Waals surface area contributed by atoms with Crippen LogP contribution in [0.1, 0.15) is 200 Å². The van der Waals surface area contributed by atoms with Gasteiger partial charge in [0.1, 0.15) is 48.8 Å². The lowest BCUT2D eigenvalue weighted by atomic mass is 9.97. The van der Waals surface area contributed by atoms with Gasteiger partial charge in [0.2, 0.25) is 5.91 Å². The molecule has 0 spiro atoms. The molecule has 85 heavy (non-hydrogen) atoms. The maximum Gasteiger partial charge on any atom is 0.220 e. The number of carbonyl (C=O) groups is 1. The molecule has 2 rings (SSSR count). The molecule has 12 atom stereocenters. The van der Waals surface area contributed by atoms with Crippen molar-refractivity contribution in [1.82, 2.24) is 5.32 Å². The summed E-state index contributed by atoms with van der Waals surface area (Å²) >= 11 is 0. The fraction of sp³-hybridized carbons (Fsp3) is 0.648. The molecule has 2 saturated heterocycles. The van der Waals surface area contributed by atoms with E-state index in [0.717, 1.165) is 141 Å². The van der Waals surface area contributed by atoms with Gasteiger partial charge in [0.15, 0.2) is 12.6 Å². The summed E-state index contributed by atoms with van der Waals surface area (Å²) in [5.41, 5.74) is 0. The van der Waals surface area contributed by atoms with E-state index in [1.54, 1.807) is 6.08 Å². The van der Waals surface area contributed by atoms with E-state index in [1.165, 1.54) is 32.1 Å². The van der Waals surface area contributed by atoms with Crippen molar-refractivity contribution >= 4 is 5.91 Å². The maximum atomic E-state index is 13.2. The zero-order valence-electron chi connectivity index (χ0n) is 52.0. The Morgan fingerprint density at radius 1 is 0.435 bits per heavy atom. The highest BCUT2D eigenvalue weighted by Crippen LogP contribution is 2.30. The Morgan fingerprint density at radius 2 is 0.812 bits per heavy atom. The SMILES string of the molecule is CC/C=C\C/C=C\C/C=C\C/C=C\C/C=C\C/C=C\C/C=C\C/C=C\C/C=C\C/C=C\C/C=C\CCCCCCCCCC(=O)NC(COC1OC(CO)C(OC2OC(CO)C(O)C(O)C2O)C(O)C1O)C(O)/C=C/CCCCCCCCCC. The number of ether oxygens (including phenoxy) is 4. The van der Waals surface area contributed by atoms with Gasteiger partial charge in [-0.05, 0) is 103 Å². The molecular formula is C71H115NO13. The number of rotatable bonds is 50. The van der Waals surface area contributed by atoms with Crippen LogP contribution in [0.15, 0.2) is 146 Å². The van der Waals surface area contributed by atoms with E-state index in [4.69, 9.17) is 18.9 Å². The number of nitrogens with one attached hydrogen (secondary N) is 1. The maximum absolute atomic E-state index is 13.2. The molecule has 2 fully saturated rings. The molecule has 14 nitrogen and oxygen atoms in total. The highest BCUT2D eigenvalue weighted by atomic mass is 16.7. The Hall–Kier alpha value is -4.13. The number of unbranched alkanes of at least 4 members (excludes halogenated alkanes) is 15. The number of amides is 1. The van der Waals surface area contributed by atoms with Crippen molar-refractivity contribution in [3.8, 4) is 0 Å². The Balaban J connectivity index is 1.61. The Bertz CT molecular complexity index is 1980. The van der Waals surface area contributed by atoms with E-state index in [2.05, 4.69) is 153 Å². The van der Waals surface area contributed by atoms with Gasteiger partial charge in [-0.15, -0.1) is 0 Å². The van der Waals surface area contributed by atoms with E-state index >= 15 is 0 Å². The monoisotopic (exact) mass is 1190 g/mol. The molecule has 2 aliphatic rings. The average molecular weight is 1190 g/mol. The van der Waals surface area contributed by atoms with E-state index in [9.17, 15) is 45.6 Å². The third-order valence-corrected chi connectivity index (χ3v) is 14.8. The van der Waals surface area contributed by atoms with Crippen molar-refractivity contribution in [3.63, 3.8) is 0 Å². The minimum Gasteiger partial charge on any atom is -0.394 e. The summed E-state index contributed by atoms with van der Waals surface area (Å²) in [6.45, 7) is 2.62. The topological polar surface area (TPSA) is 228 Å². The molecule has 2 heterocycles. The van der Waals surface area contributed by atoms with Crippen molar-refractivity contribution in [2.75, 3.05) is 19.8 Å². The number of hydrogen-bond donors (Lipinski definition) is 9. The van der Waals surface area contributed by atoms with E-state index in [0.29, 0.717) is 6.42 Å². The first-order chi connectivity index (χ1) is 41.6. The molecule has 14 heteroatoms. The van der Waals surface area contributed by atoms with Crippen LogP contribution in [-0.4, -0.2) is 140 Å². The molecule has 482 valence electrons. The first-order valence-electron chi connectivity index (χ1n) is 32.6. The van der Waals surface area contributed by atoms with Crippen molar-refractivity contribution < 1.29 is 64.6 Å². The zero-order valence-corrected chi connectivity index (χ0v) is 52.0. The summed E-state index contributed by atoms with van der Waals surface area (Å²) in [5.74, 6) is -0.259. The smallest absolute Gasteiger partial charge is 0.220 e. The molecule has 2 aliphatic heterocycles. The molecule has 0 aliphatic carbocycles. The molecule has 0 bridgehead atoms. The molecular weight excluding hydrogens is 1070 g/mol. The Morgan fingerprint density at radius 3 is 1.25 bits per heavy atom. The summed E-state index contributed by atoms with van der Waals surface area (Å²) in [5, 5.41) is 86.9. The van der Waals surface area contributed by atoms with Gasteiger partial charge in [-0.3, -0.25) is 4.79 Å². The summed E-state index contributed by atoms with van der Waals surface area (Å²) in [6, 6.07) is -0.929. The van der Waals surface area contributed by atoms with Gasteiger partial charge in [0.25, 0.3) is 0 Å². The summed E-state index contributed by atoms with van der Waals surface area (Å²) < 4.78 is 22.7. The second-order valence-corrected chi connectivity index (χ2v) is 22.2. The second kappa shape index (κ2) is 54.1. The molecule has 0 aromatic rings. The Kier molecular flexibility index (Phi) is 48.9. The van der Waals surface area contributed by atoms with Crippen molar-refractivity contribution in [1.29, 1.82) is 0 Å². The minimum atomic E-state index is -1.79. The van der Waals surface area contributed by atoms with E-state index in [1.807, 2.05) is 6.08 Å². The molecule has 9 N–H and O–H groups in total. The van der Waals surface area contributed by atoms with Gasteiger partial charge in [0, 0.05) is 6.42 Å². The molecule has 0 aromatic heterocycles. The predicted octanol–water partition coefficient (Wildman–Crippen LogP) is 12.5.